The highest BCUT2D eigenvalue weighted by atomic mass is 32.2. The third kappa shape index (κ3) is 29.6. The van der Waals surface area contributed by atoms with Crippen molar-refractivity contribution in [3.05, 3.63) is 48.6 Å². The maximum absolute atomic E-state index is 12.4. The van der Waals surface area contributed by atoms with Crippen LogP contribution in [0.4, 0.5) is 0 Å². The Morgan fingerprint density at radius 3 is 1.63 bits per heavy atom. The van der Waals surface area contributed by atoms with Crippen LogP contribution in [0.1, 0.15) is 142 Å². The van der Waals surface area contributed by atoms with E-state index in [9.17, 15) is 22.9 Å². The van der Waals surface area contributed by atoms with E-state index in [4.69, 9.17) is 0 Å². The number of unbranched alkanes of at least 4 members (excludes halogenated alkanes) is 14. The zero-order valence-corrected chi connectivity index (χ0v) is 27.0. The summed E-state index contributed by atoms with van der Waals surface area (Å²) in [6.07, 6.45) is 36.7. The van der Waals surface area contributed by atoms with E-state index in [-0.39, 0.29) is 12.3 Å². The number of aliphatic hydroxyl groups excluding tert-OH is 1. The molecule has 0 aliphatic rings. The van der Waals surface area contributed by atoms with Gasteiger partial charge in [-0.15, -0.1) is 0 Å². The quantitative estimate of drug-likeness (QED) is 0.0476. The second kappa shape index (κ2) is 28.4. The van der Waals surface area contributed by atoms with Gasteiger partial charge in [0.25, 0.3) is 10.1 Å². The van der Waals surface area contributed by atoms with Gasteiger partial charge < -0.3 is 10.4 Å². The number of allylic oxidation sites excluding steroid dienone is 7. The van der Waals surface area contributed by atoms with Gasteiger partial charge in [-0.25, -0.2) is 0 Å². The Kier molecular flexibility index (Phi) is 27.2. The second-order valence-electron chi connectivity index (χ2n) is 11.1. The maximum Gasteiger partial charge on any atom is 0.267 e. The van der Waals surface area contributed by atoms with Gasteiger partial charge in [0.15, 0.2) is 0 Å². The van der Waals surface area contributed by atoms with Crippen molar-refractivity contribution in [2.75, 3.05) is 5.75 Å². The summed E-state index contributed by atoms with van der Waals surface area (Å²) in [6.45, 7) is 4.41. The summed E-state index contributed by atoms with van der Waals surface area (Å²) in [5, 5.41) is 13.1. The fraction of sp³-hybridized carbons (Fsp3) is 0.735. The first-order valence-corrected chi connectivity index (χ1v) is 17.9. The van der Waals surface area contributed by atoms with Gasteiger partial charge in [-0.1, -0.05) is 120 Å². The monoisotopic (exact) mass is 595 g/mol. The van der Waals surface area contributed by atoms with E-state index in [1.165, 1.54) is 57.4 Å². The molecule has 0 aromatic carbocycles. The Morgan fingerprint density at radius 2 is 1.10 bits per heavy atom. The van der Waals surface area contributed by atoms with Crippen molar-refractivity contribution in [3.63, 3.8) is 0 Å². The lowest BCUT2D eigenvalue weighted by Gasteiger charge is -2.21. The number of hydrogen-bond donors (Lipinski definition) is 3. The van der Waals surface area contributed by atoms with Crippen molar-refractivity contribution >= 4 is 16.0 Å². The lowest BCUT2D eigenvalue weighted by Crippen LogP contribution is -2.46. The molecule has 3 N–H and O–H groups in total. The summed E-state index contributed by atoms with van der Waals surface area (Å²) in [5.41, 5.74) is 0. The lowest BCUT2D eigenvalue weighted by atomic mass is 10.1. The smallest absolute Gasteiger partial charge is 0.267 e. The fourth-order valence-corrected chi connectivity index (χ4v) is 5.21. The van der Waals surface area contributed by atoms with E-state index >= 15 is 0 Å². The highest BCUT2D eigenvalue weighted by Crippen LogP contribution is 2.10. The standard InChI is InChI=1S/C34H61NO5S/c1-3-5-7-9-11-13-15-16-17-18-19-20-21-23-25-27-29-33(36)32(31-41(38,39)40)35-34(37)30-28-26-24-22-14-12-10-8-6-4-2/h8,10,16-17,20-21,27,29,32-33,36H,3-7,9,11-15,18-19,22-26,28,30-31H2,1-2H3,(H,35,37)(H,38,39,40)/b10-8-,17-16+,21-20+,29-27+. The van der Waals surface area contributed by atoms with Gasteiger partial charge in [-0.05, 0) is 64.2 Å². The molecule has 2 atom stereocenters. The molecule has 0 spiro atoms. The maximum atomic E-state index is 12.4. The first-order chi connectivity index (χ1) is 19.8. The van der Waals surface area contributed by atoms with E-state index in [0.717, 1.165) is 57.8 Å². The summed E-state index contributed by atoms with van der Waals surface area (Å²) in [4.78, 5) is 12.4. The third-order valence-electron chi connectivity index (χ3n) is 6.94. The Hall–Kier alpha value is -1.70. The highest BCUT2D eigenvalue weighted by molar-refractivity contribution is 7.85. The first-order valence-electron chi connectivity index (χ1n) is 16.3. The van der Waals surface area contributed by atoms with Crippen LogP contribution in [0, 0.1) is 0 Å². The SMILES string of the molecule is CCC/C=C\CCCCCCCC(=O)NC(CS(=O)(=O)O)C(O)/C=C/CC/C=C/CC/C=C/CCCCCCCC. The molecule has 0 aromatic rings. The van der Waals surface area contributed by atoms with Crippen molar-refractivity contribution in [1.82, 2.24) is 5.32 Å². The van der Waals surface area contributed by atoms with E-state index in [0.29, 0.717) is 12.8 Å². The molecule has 0 rings (SSSR count). The molecule has 0 aromatic heterocycles. The van der Waals surface area contributed by atoms with Gasteiger partial charge in [0.1, 0.15) is 0 Å². The van der Waals surface area contributed by atoms with Gasteiger partial charge in [-0.3, -0.25) is 9.35 Å². The highest BCUT2D eigenvalue weighted by Gasteiger charge is 2.24. The summed E-state index contributed by atoms with van der Waals surface area (Å²) in [5.74, 6) is -1.03. The number of nitrogens with one attached hydrogen (secondary N) is 1. The Labute approximate surface area is 252 Å². The number of amides is 1. The lowest BCUT2D eigenvalue weighted by molar-refractivity contribution is -0.122. The fourth-order valence-electron chi connectivity index (χ4n) is 4.48. The van der Waals surface area contributed by atoms with E-state index in [2.05, 4.69) is 55.6 Å². The van der Waals surface area contributed by atoms with Crippen LogP contribution in [0.2, 0.25) is 0 Å². The summed E-state index contributed by atoms with van der Waals surface area (Å²) in [7, 11) is -4.35. The van der Waals surface area contributed by atoms with Crippen LogP contribution in [0.25, 0.3) is 0 Å². The van der Waals surface area contributed by atoms with Crippen LogP contribution in [0.5, 0.6) is 0 Å². The molecule has 2 unspecified atom stereocenters. The first kappa shape index (κ1) is 39.3. The number of hydrogen-bond acceptors (Lipinski definition) is 4. The Morgan fingerprint density at radius 1 is 0.634 bits per heavy atom. The molecular formula is C34H61NO5S. The van der Waals surface area contributed by atoms with Crippen LogP contribution in [0.3, 0.4) is 0 Å². The molecule has 0 aliphatic heterocycles. The molecule has 7 heteroatoms. The molecule has 0 aliphatic carbocycles. The zero-order valence-electron chi connectivity index (χ0n) is 26.2. The van der Waals surface area contributed by atoms with Crippen molar-refractivity contribution in [1.29, 1.82) is 0 Å². The third-order valence-corrected chi connectivity index (χ3v) is 7.72. The number of aliphatic hydroxyl groups is 1. The van der Waals surface area contributed by atoms with Crippen LogP contribution in [-0.2, 0) is 14.9 Å². The molecule has 0 heterocycles. The van der Waals surface area contributed by atoms with Gasteiger partial charge in [-0.2, -0.15) is 8.42 Å². The molecule has 0 bridgehead atoms. The van der Waals surface area contributed by atoms with Crippen molar-refractivity contribution < 1.29 is 22.9 Å². The number of rotatable bonds is 28. The van der Waals surface area contributed by atoms with E-state index in [1.807, 2.05) is 0 Å². The average molecular weight is 596 g/mol. The van der Waals surface area contributed by atoms with Crippen molar-refractivity contribution in [2.45, 2.75) is 154 Å². The van der Waals surface area contributed by atoms with Crippen LogP contribution < -0.4 is 5.32 Å². The van der Waals surface area contributed by atoms with Crippen molar-refractivity contribution in [3.8, 4) is 0 Å². The molecule has 0 radical (unpaired) electrons. The minimum absolute atomic E-state index is 0.272. The van der Waals surface area contributed by atoms with Gasteiger partial charge in [0.05, 0.1) is 17.9 Å². The zero-order chi connectivity index (χ0) is 30.4. The molecule has 0 saturated heterocycles. The molecule has 238 valence electrons. The molecular weight excluding hydrogens is 534 g/mol. The Balaban J connectivity index is 4.17. The number of carbonyl (C=O) groups excluding carboxylic acids is 1. The largest absolute Gasteiger partial charge is 0.387 e. The van der Waals surface area contributed by atoms with Crippen molar-refractivity contribution in [2.24, 2.45) is 0 Å². The molecule has 0 fully saturated rings. The summed E-state index contributed by atoms with van der Waals surface area (Å²) < 4.78 is 32.2. The van der Waals surface area contributed by atoms with E-state index in [1.54, 1.807) is 6.08 Å². The van der Waals surface area contributed by atoms with Crippen LogP contribution in [0.15, 0.2) is 48.6 Å². The van der Waals surface area contributed by atoms with E-state index < -0.39 is 28.0 Å². The van der Waals surface area contributed by atoms with Crippen LogP contribution in [-0.4, -0.2) is 41.9 Å². The molecule has 41 heavy (non-hydrogen) atoms. The van der Waals surface area contributed by atoms with Gasteiger partial charge in [0.2, 0.25) is 5.91 Å². The molecule has 6 nitrogen and oxygen atoms in total. The predicted molar refractivity (Wildman–Crippen MR) is 175 cm³/mol. The number of carbonyl (C=O) groups is 1. The Bertz CT molecular complexity index is 832. The predicted octanol–water partition coefficient (Wildman–Crippen LogP) is 8.79. The van der Waals surface area contributed by atoms with Crippen LogP contribution >= 0.6 is 0 Å². The normalized spacial score (nSPS) is 14.1. The summed E-state index contributed by atoms with van der Waals surface area (Å²) in [6, 6.07) is -1.08. The van der Waals surface area contributed by atoms with Gasteiger partial charge in [0, 0.05) is 6.42 Å². The van der Waals surface area contributed by atoms with Gasteiger partial charge >= 0.3 is 0 Å². The molecule has 1 amide bonds. The second-order valence-corrected chi connectivity index (χ2v) is 12.6. The minimum atomic E-state index is -4.35. The summed E-state index contributed by atoms with van der Waals surface area (Å²) >= 11 is 0. The average Bonchev–Trinajstić information content (AvgIpc) is 2.92. The minimum Gasteiger partial charge on any atom is -0.387 e. The molecule has 0 saturated carbocycles. The topological polar surface area (TPSA) is 104 Å².